The van der Waals surface area contributed by atoms with Crippen molar-refractivity contribution in [3.63, 3.8) is 0 Å². The zero-order valence-corrected chi connectivity index (χ0v) is 11.8. The quantitative estimate of drug-likeness (QED) is 0.643. The lowest BCUT2D eigenvalue weighted by Crippen LogP contribution is -1.77. The van der Waals surface area contributed by atoms with Gasteiger partial charge in [-0.15, -0.1) is 0 Å². The van der Waals surface area contributed by atoms with E-state index in [2.05, 4.69) is 56.8 Å². The van der Waals surface area contributed by atoms with Crippen molar-refractivity contribution in [2.75, 3.05) is 0 Å². The van der Waals surface area contributed by atoms with Gasteiger partial charge in [0.05, 0.1) is 0 Å². The molecule has 0 amide bonds. The van der Waals surface area contributed by atoms with E-state index >= 15 is 0 Å². The summed E-state index contributed by atoms with van der Waals surface area (Å²) in [5.74, 6) is 0. The molecule has 0 radical (unpaired) electrons. The molecule has 18 heavy (non-hydrogen) atoms. The largest absolute Gasteiger partial charge is 0.0991 e. The van der Waals surface area contributed by atoms with E-state index in [4.69, 9.17) is 0 Å². The molecule has 1 aliphatic heterocycles. The summed E-state index contributed by atoms with van der Waals surface area (Å²) in [5.41, 5.74) is 3.88. The van der Waals surface area contributed by atoms with E-state index in [0.717, 1.165) is 6.42 Å². The second-order valence-electron chi connectivity index (χ2n) is 4.50. The highest BCUT2D eigenvalue weighted by Crippen LogP contribution is 2.42. The molecule has 0 atom stereocenters. The predicted molar refractivity (Wildman–Crippen MR) is 83.4 cm³/mol. The van der Waals surface area contributed by atoms with Gasteiger partial charge in [-0.1, -0.05) is 72.0 Å². The summed E-state index contributed by atoms with van der Waals surface area (Å²) < 4.78 is 0. The van der Waals surface area contributed by atoms with Crippen molar-refractivity contribution < 1.29 is 0 Å². The van der Waals surface area contributed by atoms with Gasteiger partial charge in [-0.3, -0.25) is 0 Å². The Bertz CT molecular complexity index is 527. The molecule has 2 rings (SSSR count). The van der Waals surface area contributed by atoms with E-state index < -0.39 is 0 Å². The summed E-state index contributed by atoms with van der Waals surface area (Å²) >= 11 is 1.87. The number of hydrogen-bond acceptors (Lipinski definition) is 1. The number of rotatable bonds is 3. The van der Waals surface area contributed by atoms with E-state index in [-0.39, 0.29) is 0 Å². The first-order valence-electron chi connectivity index (χ1n) is 6.14. The lowest BCUT2D eigenvalue weighted by atomic mass is 10.1. The van der Waals surface area contributed by atoms with Gasteiger partial charge in [0.25, 0.3) is 0 Å². The highest BCUT2D eigenvalue weighted by Gasteiger charge is 2.12. The second kappa shape index (κ2) is 5.92. The van der Waals surface area contributed by atoms with Gasteiger partial charge < -0.3 is 0 Å². The third kappa shape index (κ3) is 3.27. The van der Waals surface area contributed by atoms with E-state index in [1.165, 1.54) is 26.5 Å². The summed E-state index contributed by atoms with van der Waals surface area (Å²) in [6.07, 6.45) is 9.46. The molecule has 0 nitrogen and oxygen atoms in total. The van der Waals surface area contributed by atoms with Gasteiger partial charge in [-0.25, -0.2) is 0 Å². The SMILES string of the molecule is C=C/C=C(C)\C=C1/CC=C(c2ccc(C)cc2)S1. The predicted octanol–water partition coefficient (Wildman–Crippen LogP) is 5.49. The molecule has 0 aromatic heterocycles. The van der Waals surface area contributed by atoms with Gasteiger partial charge in [0.15, 0.2) is 0 Å². The van der Waals surface area contributed by atoms with Gasteiger partial charge in [-0.2, -0.15) is 0 Å². The van der Waals surface area contributed by atoms with Crippen LogP contribution < -0.4 is 0 Å². The maximum absolute atomic E-state index is 3.72. The third-order valence-electron chi connectivity index (χ3n) is 2.84. The third-order valence-corrected chi connectivity index (χ3v) is 4.00. The molecule has 0 fully saturated rings. The Hall–Kier alpha value is -1.47. The van der Waals surface area contributed by atoms with Crippen LogP contribution in [0, 0.1) is 6.92 Å². The Labute approximate surface area is 114 Å². The normalized spacial score (nSPS) is 18.0. The molecule has 92 valence electrons. The Balaban J connectivity index is 2.10. The number of benzene rings is 1. The Morgan fingerprint density at radius 3 is 2.67 bits per heavy atom. The van der Waals surface area contributed by atoms with E-state index in [0.29, 0.717) is 0 Å². The maximum atomic E-state index is 3.72. The zero-order chi connectivity index (χ0) is 13.0. The molecular formula is C17H18S. The van der Waals surface area contributed by atoms with Crippen molar-refractivity contribution >= 4 is 16.7 Å². The van der Waals surface area contributed by atoms with Crippen LogP contribution >= 0.6 is 11.8 Å². The molecule has 0 bridgehead atoms. The van der Waals surface area contributed by atoms with Gasteiger partial charge in [0.1, 0.15) is 0 Å². The minimum absolute atomic E-state index is 1.04. The van der Waals surface area contributed by atoms with Crippen LogP contribution in [-0.2, 0) is 0 Å². The van der Waals surface area contributed by atoms with Crippen LogP contribution in [0.15, 0.2) is 65.6 Å². The first-order valence-corrected chi connectivity index (χ1v) is 6.95. The molecule has 1 heteroatoms. The number of allylic oxidation sites excluding steroid dienone is 6. The molecule has 1 aromatic carbocycles. The molecule has 0 N–H and O–H groups in total. The van der Waals surface area contributed by atoms with Crippen molar-refractivity contribution in [2.45, 2.75) is 20.3 Å². The topological polar surface area (TPSA) is 0 Å². The van der Waals surface area contributed by atoms with E-state index in [9.17, 15) is 0 Å². The monoisotopic (exact) mass is 254 g/mol. The first kappa shape index (κ1) is 13.0. The lowest BCUT2D eigenvalue weighted by Gasteiger charge is -2.03. The summed E-state index contributed by atoms with van der Waals surface area (Å²) in [6, 6.07) is 8.73. The fraction of sp³-hybridized carbons (Fsp3) is 0.176. The van der Waals surface area contributed by atoms with Crippen LogP contribution in [0.5, 0.6) is 0 Å². The molecule has 0 saturated carbocycles. The smallest absolute Gasteiger partial charge is 0.0155 e. The maximum Gasteiger partial charge on any atom is 0.0155 e. The van der Waals surface area contributed by atoms with Gasteiger partial charge in [0.2, 0.25) is 0 Å². The second-order valence-corrected chi connectivity index (χ2v) is 5.67. The van der Waals surface area contributed by atoms with Crippen LogP contribution in [0.1, 0.15) is 24.5 Å². The summed E-state index contributed by atoms with van der Waals surface area (Å²) in [4.78, 5) is 2.77. The van der Waals surface area contributed by atoms with E-state index in [1.807, 2.05) is 23.9 Å². The molecule has 1 heterocycles. The fourth-order valence-electron chi connectivity index (χ4n) is 1.89. The average molecular weight is 254 g/mol. The fourth-order valence-corrected chi connectivity index (χ4v) is 3.00. The van der Waals surface area contributed by atoms with Crippen molar-refractivity contribution in [3.05, 3.63) is 76.8 Å². The lowest BCUT2D eigenvalue weighted by molar-refractivity contribution is 1.36. The van der Waals surface area contributed by atoms with Crippen LogP contribution in [0.3, 0.4) is 0 Å². The highest BCUT2D eigenvalue weighted by molar-refractivity contribution is 8.12. The van der Waals surface area contributed by atoms with Gasteiger partial charge in [-0.05, 0) is 36.8 Å². The average Bonchev–Trinajstić information content (AvgIpc) is 2.78. The molecular weight excluding hydrogens is 236 g/mol. The summed E-state index contributed by atoms with van der Waals surface area (Å²) in [5, 5.41) is 0. The molecule has 1 aromatic rings. The Morgan fingerprint density at radius 1 is 1.28 bits per heavy atom. The summed E-state index contributed by atoms with van der Waals surface area (Å²) in [6.45, 7) is 7.95. The number of aryl methyl sites for hydroxylation is 1. The van der Waals surface area contributed by atoms with Crippen molar-refractivity contribution in [1.82, 2.24) is 0 Å². The number of hydrogen-bond donors (Lipinski definition) is 0. The van der Waals surface area contributed by atoms with Crippen molar-refractivity contribution in [3.8, 4) is 0 Å². The first-order chi connectivity index (χ1) is 8.69. The molecule has 0 spiro atoms. The van der Waals surface area contributed by atoms with Gasteiger partial charge in [0, 0.05) is 4.91 Å². The van der Waals surface area contributed by atoms with Gasteiger partial charge >= 0.3 is 0 Å². The Morgan fingerprint density at radius 2 is 2.00 bits per heavy atom. The van der Waals surface area contributed by atoms with Crippen LogP contribution in [0.2, 0.25) is 0 Å². The minimum atomic E-state index is 1.04. The van der Waals surface area contributed by atoms with Crippen LogP contribution in [0.4, 0.5) is 0 Å². The number of thioether (sulfide) groups is 1. The van der Waals surface area contributed by atoms with Crippen LogP contribution in [0.25, 0.3) is 4.91 Å². The van der Waals surface area contributed by atoms with E-state index in [1.54, 1.807) is 0 Å². The standard InChI is InChI=1S/C17H18S/c1-4-5-14(3)12-16-10-11-17(18-16)15-8-6-13(2)7-9-15/h4-9,11-12H,1,10H2,2-3H3/b14-5-,16-12+. The Kier molecular flexibility index (Phi) is 4.27. The molecule has 1 aliphatic rings. The van der Waals surface area contributed by atoms with Crippen molar-refractivity contribution in [2.24, 2.45) is 0 Å². The van der Waals surface area contributed by atoms with Crippen LogP contribution in [-0.4, -0.2) is 0 Å². The molecule has 0 saturated heterocycles. The summed E-state index contributed by atoms with van der Waals surface area (Å²) in [7, 11) is 0. The molecule has 0 aliphatic carbocycles. The minimum Gasteiger partial charge on any atom is -0.0991 e. The molecule has 0 unspecified atom stereocenters. The van der Waals surface area contributed by atoms with Crippen molar-refractivity contribution in [1.29, 1.82) is 0 Å². The zero-order valence-electron chi connectivity index (χ0n) is 10.9. The highest BCUT2D eigenvalue weighted by atomic mass is 32.2.